The van der Waals surface area contributed by atoms with Crippen LogP contribution in [0.1, 0.15) is 12.5 Å². The molecule has 1 heterocycles. The summed E-state index contributed by atoms with van der Waals surface area (Å²) >= 11 is 1.94. The summed E-state index contributed by atoms with van der Waals surface area (Å²) in [7, 11) is 3.39. The van der Waals surface area contributed by atoms with Crippen LogP contribution in [0.25, 0.3) is 0 Å². The molecule has 1 aromatic rings. The Kier molecular flexibility index (Phi) is 5.06. The molecule has 4 heteroatoms. The molecule has 3 nitrogen and oxygen atoms in total. The van der Waals surface area contributed by atoms with Crippen molar-refractivity contribution in [2.45, 2.75) is 30.7 Å². The molecule has 0 bridgehead atoms. The maximum atomic E-state index is 5.31. The van der Waals surface area contributed by atoms with Crippen molar-refractivity contribution < 1.29 is 9.47 Å². The highest BCUT2D eigenvalue weighted by Crippen LogP contribution is 2.29. The molecule has 1 atom stereocenters. The predicted octanol–water partition coefficient (Wildman–Crippen LogP) is 2.60. The molecule has 0 amide bonds. The van der Waals surface area contributed by atoms with E-state index in [0.717, 1.165) is 18.8 Å². The van der Waals surface area contributed by atoms with Crippen LogP contribution in [0.3, 0.4) is 0 Å². The zero-order valence-corrected chi connectivity index (χ0v) is 12.1. The standard InChI is InChI=1S/C14H21NO2S/c1-11-10-18-13-7-5-4-6-12(13)8-15(11)9-14(16-2)17-3/h4-7,11,14H,8-10H2,1-3H3/t11-/m0/s1. The van der Waals surface area contributed by atoms with E-state index in [2.05, 4.69) is 36.1 Å². The number of ether oxygens (including phenoxy) is 2. The van der Waals surface area contributed by atoms with Crippen molar-refractivity contribution in [3.8, 4) is 0 Å². The number of benzene rings is 1. The molecule has 1 aromatic carbocycles. The highest BCUT2D eigenvalue weighted by atomic mass is 32.2. The molecule has 0 saturated carbocycles. The van der Waals surface area contributed by atoms with Crippen molar-refractivity contribution in [1.82, 2.24) is 4.90 Å². The Balaban J connectivity index is 2.11. The Morgan fingerprint density at radius 1 is 1.33 bits per heavy atom. The van der Waals surface area contributed by atoms with Crippen LogP contribution in [0.2, 0.25) is 0 Å². The molecule has 0 unspecified atom stereocenters. The summed E-state index contributed by atoms with van der Waals surface area (Å²) in [5, 5.41) is 0. The fraction of sp³-hybridized carbons (Fsp3) is 0.571. The zero-order valence-electron chi connectivity index (χ0n) is 11.3. The van der Waals surface area contributed by atoms with Crippen LogP contribution >= 0.6 is 11.8 Å². The van der Waals surface area contributed by atoms with Gasteiger partial charge < -0.3 is 9.47 Å². The van der Waals surface area contributed by atoms with Gasteiger partial charge in [-0.15, -0.1) is 11.8 Å². The lowest BCUT2D eigenvalue weighted by atomic mass is 10.2. The third-order valence-corrected chi connectivity index (χ3v) is 4.72. The van der Waals surface area contributed by atoms with Gasteiger partial charge in [0.05, 0.1) is 6.54 Å². The number of thioether (sulfide) groups is 1. The summed E-state index contributed by atoms with van der Waals surface area (Å²) in [5.74, 6) is 1.11. The van der Waals surface area contributed by atoms with Crippen LogP contribution in [0, 0.1) is 0 Å². The van der Waals surface area contributed by atoms with Gasteiger partial charge in [-0.3, -0.25) is 4.90 Å². The fourth-order valence-corrected chi connectivity index (χ4v) is 3.27. The molecule has 0 aliphatic carbocycles. The van der Waals surface area contributed by atoms with E-state index in [0.29, 0.717) is 6.04 Å². The summed E-state index contributed by atoms with van der Waals surface area (Å²) in [6.45, 7) is 4.04. The number of fused-ring (bicyclic) bond motifs is 1. The predicted molar refractivity (Wildman–Crippen MR) is 74.8 cm³/mol. The molecule has 0 spiro atoms. The average molecular weight is 267 g/mol. The van der Waals surface area contributed by atoms with E-state index in [-0.39, 0.29) is 6.29 Å². The van der Waals surface area contributed by atoms with Gasteiger partial charge in [0, 0.05) is 37.5 Å². The summed E-state index contributed by atoms with van der Waals surface area (Å²) in [6.07, 6.45) is -0.150. The van der Waals surface area contributed by atoms with Gasteiger partial charge in [-0.2, -0.15) is 0 Å². The van der Waals surface area contributed by atoms with E-state index in [1.807, 2.05) is 11.8 Å². The van der Waals surface area contributed by atoms with Gasteiger partial charge in [0.25, 0.3) is 0 Å². The van der Waals surface area contributed by atoms with Gasteiger partial charge >= 0.3 is 0 Å². The highest BCUT2D eigenvalue weighted by Gasteiger charge is 2.23. The maximum Gasteiger partial charge on any atom is 0.169 e. The van der Waals surface area contributed by atoms with Crippen LogP contribution < -0.4 is 0 Å². The van der Waals surface area contributed by atoms with Crippen molar-refractivity contribution in [1.29, 1.82) is 0 Å². The Labute approximate surface area is 113 Å². The lowest BCUT2D eigenvalue weighted by Gasteiger charge is -2.29. The highest BCUT2D eigenvalue weighted by molar-refractivity contribution is 7.99. The summed E-state index contributed by atoms with van der Waals surface area (Å²) in [4.78, 5) is 3.83. The van der Waals surface area contributed by atoms with Gasteiger partial charge in [0.2, 0.25) is 0 Å². The molecule has 100 valence electrons. The third-order valence-electron chi connectivity index (χ3n) is 3.36. The number of nitrogens with zero attached hydrogens (tertiary/aromatic N) is 1. The molecule has 0 N–H and O–H groups in total. The van der Waals surface area contributed by atoms with E-state index in [4.69, 9.17) is 9.47 Å². The number of hydrogen-bond donors (Lipinski definition) is 0. The average Bonchev–Trinajstić information content (AvgIpc) is 2.56. The Bertz CT molecular complexity index is 382. The van der Waals surface area contributed by atoms with Crippen molar-refractivity contribution in [2.75, 3.05) is 26.5 Å². The second-order valence-corrected chi connectivity index (χ2v) is 5.66. The molecule has 0 fully saturated rings. The molecule has 1 aliphatic heterocycles. The van der Waals surface area contributed by atoms with Crippen molar-refractivity contribution in [2.24, 2.45) is 0 Å². The Hall–Kier alpha value is -0.550. The molecular weight excluding hydrogens is 246 g/mol. The zero-order chi connectivity index (χ0) is 13.0. The first kappa shape index (κ1) is 13.9. The smallest absolute Gasteiger partial charge is 0.169 e. The van der Waals surface area contributed by atoms with Crippen molar-refractivity contribution >= 4 is 11.8 Å². The quantitative estimate of drug-likeness (QED) is 0.782. The first-order chi connectivity index (χ1) is 8.74. The molecule has 18 heavy (non-hydrogen) atoms. The normalized spacial score (nSPS) is 20.8. The number of methoxy groups -OCH3 is 2. The lowest BCUT2D eigenvalue weighted by molar-refractivity contribution is -0.120. The maximum absolute atomic E-state index is 5.31. The minimum absolute atomic E-state index is 0.150. The first-order valence-electron chi connectivity index (χ1n) is 6.25. The lowest BCUT2D eigenvalue weighted by Crippen LogP contribution is -2.40. The van der Waals surface area contributed by atoms with E-state index >= 15 is 0 Å². The molecule has 2 rings (SSSR count). The minimum atomic E-state index is -0.150. The van der Waals surface area contributed by atoms with Crippen molar-refractivity contribution in [3.63, 3.8) is 0 Å². The van der Waals surface area contributed by atoms with Gasteiger partial charge in [-0.1, -0.05) is 18.2 Å². The first-order valence-corrected chi connectivity index (χ1v) is 7.23. The SMILES string of the molecule is COC(CN1Cc2ccccc2SC[C@@H]1C)OC. The van der Waals surface area contributed by atoms with E-state index in [1.165, 1.54) is 10.5 Å². The van der Waals surface area contributed by atoms with Gasteiger partial charge in [-0.05, 0) is 18.6 Å². The summed E-state index contributed by atoms with van der Waals surface area (Å²) in [5.41, 5.74) is 1.40. The number of hydrogen-bond acceptors (Lipinski definition) is 4. The van der Waals surface area contributed by atoms with Gasteiger partial charge in [0.15, 0.2) is 6.29 Å². The van der Waals surface area contributed by atoms with E-state index < -0.39 is 0 Å². The topological polar surface area (TPSA) is 21.7 Å². The van der Waals surface area contributed by atoms with Crippen LogP contribution in [0.4, 0.5) is 0 Å². The minimum Gasteiger partial charge on any atom is -0.355 e. The number of rotatable bonds is 4. The molecular formula is C14H21NO2S. The second kappa shape index (κ2) is 6.57. The van der Waals surface area contributed by atoms with Crippen LogP contribution in [0.15, 0.2) is 29.2 Å². The van der Waals surface area contributed by atoms with E-state index in [9.17, 15) is 0 Å². The third kappa shape index (κ3) is 3.26. The fourth-order valence-electron chi connectivity index (χ4n) is 2.15. The van der Waals surface area contributed by atoms with Crippen LogP contribution in [0.5, 0.6) is 0 Å². The molecule has 0 saturated heterocycles. The molecule has 0 aromatic heterocycles. The van der Waals surface area contributed by atoms with Gasteiger partial charge in [0.1, 0.15) is 0 Å². The second-order valence-electron chi connectivity index (χ2n) is 4.60. The van der Waals surface area contributed by atoms with Crippen LogP contribution in [-0.4, -0.2) is 43.7 Å². The Morgan fingerprint density at radius 2 is 2.06 bits per heavy atom. The summed E-state index contributed by atoms with van der Waals surface area (Å²) in [6, 6.07) is 9.16. The van der Waals surface area contributed by atoms with Gasteiger partial charge in [-0.25, -0.2) is 0 Å². The van der Waals surface area contributed by atoms with Crippen molar-refractivity contribution in [3.05, 3.63) is 29.8 Å². The summed E-state index contributed by atoms with van der Waals surface area (Å²) < 4.78 is 10.6. The van der Waals surface area contributed by atoms with Crippen LogP contribution in [-0.2, 0) is 16.0 Å². The molecule has 1 aliphatic rings. The van der Waals surface area contributed by atoms with E-state index in [1.54, 1.807) is 14.2 Å². The Morgan fingerprint density at radius 3 is 2.78 bits per heavy atom. The monoisotopic (exact) mass is 267 g/mol. The largest absolute Gasteiger partial charge is 0.355 e. The molecule has 0 radical (unpaired) electrons.